The fourth-order valence-corrected chi connectivity index (χ4v) is 11.4. The third-order valence-electron chi connectivity index (χ3n) is 12.7. The molecule has 0 spiro atoms. The topological polar surface area (TPSA) is 99.1 Å². The minimum absolute atomic E-state index is 0.0331. The summed E-state index contributed by atoms with van der Waals surface area (Å²) in [5.74, 6) is -0.679. The third kappa shape index (κ3) is 10.3. The lowest BCUT2D eigenvalue weighted by molar-refractivity contribution is -0.132. The quantitative estimate of drug-likeness (QED) is 0.101. The minimum atomic E-state index is -0.636. The molecule has 9 nitrogen and oxygen atoms in total. The SMILES string of the molecule is O=C(CCCN1CCCCC1)N=CC(C(=O)N1CCCC1c1ncc(-c2ccc(-c3ccc(-c4cnc([C@@H]5CCCN5C(=O)Cc5ccccc5)s4)cc3)cc2)s1)c1ccccc1. The van der Waals surface area contributed by atoms with Crippen LogP contribution in [-0.4, -0.2) is 81.3 Å². The van der Waals surface area contributed by atoms with E-state index in [2.05, 4.69) is 58.4 Å². The van der Waals surface area contributed by atoms with Crippen molar-refractivity contribution in [2.45, 2.75) is 82.2 Å². The first-order chi connectivity index (χ1) is 31.0. The first-order valence-electron chi connectivity index (χ1n) is 22.6. The summed E-state index contributed by atoms with van der Waals surface area (Å²) in [6.45, 7) is 4.57. The molecule has 0 N–H and O–H groups in total. The van der Waals surface area contributed by atoms with Crippen molar-refractivity contribution in [3.05, 3.63) is 143 Å². The average Bonchev–Trinajstić information content (AvgIpc) is 4.18. The zero-order chi connectivity index (χ0) is 43.0. The molecule has 6 aromatic rings. The van der Waals surface area contributed by atoms with Crippen LogP contribution in [0.2, 0.25) is 0 Å². The van der Waals surface area contributed by atoms with Gasteiger partial charge in [-0.3, -0.25) is 14.4 Å². The number of benzene rings is 4. The van der Waals surface area contributed by atoms with Gasteiger partial charge in [0.25, 0.3) is 0 Å². The smallest absolute Gasteiger partial charge is 0.245 e. The molecular formula is C52H54N6O3S2. The van der Waals surface area contributed by atoms with Gasteiger partial charge in [0, 0.05) is 38.1 Å². The highest BCUT2D eigenvalue weighted by molar-refractivity contribution is 7.15. The van der Waals surface area contributed by atoms with Crippen LogP contribution >= 0.6 is 22.7 Å². The van der Waals surface area contributed by atoms with Gasteiger partial charge in [0.1, 0.15) is 10.0 Å². The van der Waals surface area contributed by atoms with Crippen molar-refractivity contribution in [2.75, 3.05) is 32.7 Å². The molecule has 3 aliphatic heterocycles. The summed E-state index contributed by atoms with van der Waals surface area (Å²) in [5, 5.41) is 1.93. The monoisotopic (exact) mass is 874 g/mol. The van der Waals surface area contributed by atoms with Gasteiger partial charge in [-0.15, -0.1) is 22.7 Å². The van der Waals surface area contributed by atoms with Crippen molar-refractivity contribution >= 4 is 46.6 Å². The zero-order valence-electron chi connectivity index (χ0n) is 35.7. The van der Waals surface area contributed by atoms with Gasteiger partial charge in [-0.2, -0.15) is 0 Å². The molecule has 322 valence electrons. The number of aliphatic imine (C=N–C) groups is 1. The highest BCUT2D eigenvalue weighted by Crippen LogP contribution is 2.40. The summed E-state index contributed by atoms with van der Waals surface area (Å²) in [6.07, 6.45) is 14.5. The number of amides is 3. The predicted molar refractivity (Wildman–Crippen MR) is 254 cm³/mol. The lowest BCUT2D eigenvalue weighted by Gasteiger charge is -2.26. The highest BCUT2D eigenvalue weighted by Gasteiger charge is 2.36. The van der Waals surface area contributed by atoms with Gasteiger partial charge in [0.2, 0.25) is 17.7 Å². The van der Waals surface area contributed by atoms with E-state index in [0.29, 0.717) is 19.4 Å². The van der Waals surface area contributed by atoms with Crippen LogP contribution in [0.15, 0.2) is 127 Å². The molecule has 9 rings (SSSR count). The van der Waals surface area contributed by atoms with Gasteiger partial charge >= 0.3 is 0 Å². The number of piperidine rings is 1. The third-order valence-corrected chi connectivity index (χ3v) is 15.0. The van der Waals surface area contributed by atoms with Gasteiger partial charge < -0.3 is 14.7 Å². The lowest BCUT2D eigenvalue weighted by atomic mass is 9.98. The Morgan fingerprint density at radius 2 is 1.17 bits per heavy atom. The van der Waals surface area contributed by atoms with Crippen molar-refractivity contribution in [3.8, 4) is 32.0 Å². The molecule has 0 radical (unpaired) electrons. The van der Waals surface area contributed by atoms with E-state index < -0.39 is 5.92 Å². The Hall–Kier alpha value is -5.62. The lowest BCUT2D eigenvalue weighted by Crippen LogP contribution is -2.35. The van der Waals surface area contributed by atoms with E-state index in [1.807, 2.05) is 82.9 Å². The minimum Gasteiger partial charge on any atom is -0.333 e. The number of nitrogens with zero attached hydrogens (tertiary/aromatic N) is 6. The van der Waals surface area contributed by atoms with Crippen LogP contribution < -0.4 is 0 Å². The molecule has 3 fully saturated rings. The van der Waals surface area contributed by atoms with Gasteiger partial charge in [0.15, 0.2) is 0 Å². The van der Waals surface area contributed by atoms with Gasteiger partial charge in [-0.25, -0.2) is 15.0 Å². The van der Waals surface area contributed by atoms with E-state index in [0.717, 1.165) is 111 Å². The summed E-state index contributed by atoms with van der Waals surface area (Å²) < 4.78 is 0. The molecule has 5 heterocycles. The molecule has 3 aliphatic rings. The molecule has 0 saturated carbocycles. The zero-order valence-corrected chi connectivity index (χ0v) is 37.3. The van der Waals surface area contributed by atoms with Crippen LogP contribution in [0.5, 0.6) is 0 Å². The first-order valence-corrected chi connectivity index (χ1v) is 24.2. The number of hydrogen-bond donors (Lipinski definition) is 0. The van der Waals surface area contributed by atoms with Crippen LogP contribution in [0.4, 0.5) is 0 Å². The fraction of sp³-hybridized carbons (Fsp3) is 0.346. The number of likely N-dealkylation sites (tertiary alicyclic amines) is 3. The van der Waals surface area contributed by atoms with Crippen molar-refractivity contribution < 1.29 is 14.4 Å². The molecule has 3 saturated heterocycles. The molecule has 3 amide bonds. The van der Waals surface area contributed by atoms with Crippen LogP contribution in [-0.2, 0) is 20.8 Å². The molecule has 4 aromatic carbocycles. The summed E-state index contributed by atoms with van der Waals surface area (Å²) in [7, 11) is 0. The Morgan fingerprint density at radius 1 is 0.635 bits per heavy atom. The Kier molecular flexibility index (Phi) is 13.7. The van der Waals surface area contributed by atoms with Crippen molar-refractivity contribution in [2.24, 2.45) is 4.99 Å². The number of thiazole rings is 2. The molecular weight excluding hydrogens is 821 g/mol. The average molecular weight is 875 g/mol. The molecule has 11 heteroatoms. The van der Waals surface area contributed by atoms with E-state index in [-0.39, 0.29) is 29.8 Å². The van der Waals surface area contributed by atoms with E-state index >= 15 is 0 Å². The maximum absolute atomic E-state index is 14.3. The van der Waals surface area contributed by atoms with Gasteiger partial charge in [-0.1, -0.05) is 116 Å². The predicted octanol–water partition coefficient (Wildman–Crippen LogP) is 10.8. The summed E-state index contributed by atoms with van der Waals surface area (Å²) >= 11 is 3.32. The normalized spacial score (nSPS) is 18.6. The second-order valence-corrected chi connectivity index (χ2v) is 19.1. The second-order valence-electron chi connectivity index (χ2n) is 16.9. The van der Waals surface area contributed by atoms with Crippen molar-refractivity contribution in [3.63, 3.8) is 0 Å². The first kappa shape index (κ1) is 42.7. The van der Waals surface area contributed by atoms with Gasteiger partial charge in [0.05, 0.1) is 34.2 Å². The Labute approximate surface area is 378 Å². The van der Waals surface area contributed by atoms with E-state index in [1.54, 1.807) is 28.9 Å². The summed E-state index contributed by atoms with van der Waals surface area (Å²) in [6, 6.07) is 36.8. The number of aromatic nitrogens is 2. The van der Waals surface area contributed by atoms with Crippen LogP contribution in [0, 0.1) is 0 Å². The van der Waals surface area contributed by atoms with Crippen molar-refractivity contribution in [1.29, 1.82) is 0 Å². The van der Waals surface area contributed by atoms with Crippen LogP contribution in [0.1, 0.15) is 96.9 Å². The summed E-state index contributed by atoms with van der Waals surface area (Å²) in [4.78, 5) is 63.1. The van der Waals surface area contributed by atoms with Crippen molar-refractivity contribution in [1.82, 2.24) is 24.7 Å². The molecule has 0 bridgehead atoms. The standard InChI is InChI=1S/C52H54N6O3S2/c59-48(19-12-30-56-28-8-3-9-29-56)53-34-43(40-15-6-2-7-16-40)52(61)58-32-11-18-45(58)51-55-36-47(63-51)42-26-22-39(23-27-42)38-20-24-41(25-21-38)46-35-54-50(62-46)44-17-10-31-57(44)49(60)33-37-13-4-1-5-14-37/h1-2,4-7,13-16,20-27,34-36,43-45H,3,8-12,17-19,28-33H2/t43?,44-,45?/m0/s1. The van der Waals surface area contributed by atoms with E-state index in [1.165, 1.54) is 19.3 Å². The van der Waals surface area contributed by atoms with Gasteiger partial charge in [-0.05, 0) is 98.0 Å². The fourth-order valence-electron chi connectivity index (χ4n) is 9.28. The Balaban J connectivity index is 0.826. The second kappa shape index (κ2) is 20.3. The molecule has 63 heavy (non-hydrogen) atoms. The number of rotatable bonds is 14. The molecule has 0 aliphatic carbocycles. The molecule has 3 atom stereocenters. The van der Waals surface area contributed by atoms with Crippen LogP contribution in [0.25, 0.3) is 32.0 Å². The number of carbonyl (C=O) groups excluding carboxylic acids is 3. The Morgan fingerprint density at radius 3 is 1.78 bits per heavy atom. The summed E-state index contributed by atoms with van der Waals surface area (Å²) in [5.41, 5.74) is 6.34. The maximum atomic E-state index is 14.3. The molecule has 2 unspecified atom stereocenters. The number of carbonyl (C=O) groups is 3. The van der Waals surface area contributed by atoms with Crippen LogP contribution in [0.3, 0.4) is 0 Å². The number of hydrogen-bond acceptors (Lipinski definition) is 8. The molecule has 2 aromatic heterocycles. The Bertz CT molecular complexity index is 2500. The highest BCUT2D eigenvalue weighted by atomic mass is 32.1. The largest absolute Gasteiger partial charge is 0.333 e. The van der Waals surface area contributed by atoms with E-state index in [4.69, 9.17) is 9.97 Å². The maximum Gasteiger partial charge on any atom is 0.245 e. The van der Waals surface area contributed by atoms with E-state index in [9.17, 15) is 14.4 Å².